The molecule has 3 N–H and O–H groups in total. The Morgan fingerprint density at radius 1 is 1.44 bits per heavy atom. The number of nitrogens with one attached hydrogen (secondary N) is 2. The first-order valence-electron chi connectivity index (χ1n) is 6.40. The molecule has 100 valence electrons. The Morgan fingerprint density at radius 3 is 2.67 bits per heavy atom. The highest BCUT2D eigenvalue weighted by molar-refractivity contribution is 5.92. The molecule has 0 unspecified atom stereocenters. The second-order valence-corrected chi connectivity index (χ2v) is 6.04. The van der Waals surface area contributed by atoms with Crippen molar-refractivity contribution < 1.29 is 9.90 Å². The van der Waals surface area contributed by atoms with E-state index in [1.165, 1.54) is 6.20 Å². The molecular formula is C13H21N3O2. The summed E-state index contributed by atoms with van der Waals surface area (Å²) in [7, 11) is 0. The molecule has 2 rings (SSSR count). The third-order valence-corrected chi connectivity index (χ3v) is 3.86. The van der Waals surface area contributed by atoms with Crippen LogP contribution in [0, 0.1) is 5.41 Å². The van der Waals surface area contributed by atoms with Gasteiger partial charge in [-0.05, 0) is 37.2 Å². The standard InChI is InChI=1S/C13H21N3O2/c1-12(2)4-6-13(18,7-5-12)9-14-11(17)10-3-8-15-16-10/h3,8,18H,4-7,9H2,1-2H3,(H,14,17)(H,15,16). The predicted molar refractivity (Wildman–Crippen MR) is 68.1 cm³/mol. The van der Waals surface area contributed by atoms with Gasteiger partial charge in [0.15, 0.2) is 0 Å². The molecule has 0 saturated heterocycles. The van der Waals surface area contributed by atoms with Crippen LogP contribution in [0.4, 0.5) is 0 Å². The summed E-state index contributed by atoms with van der Waals surface area (Å²) in [4.78, 5) is 11.7. The lowest BCUT2D eigenvalue weighted by molar-refractivity contribution is -0.0233. The van der Waals surface area contributed by atoms with Crippen LogP contribution in [-0.4, -0.2) is 33.4 Å². The number of aromatic amines is 1. The Bertz CT molecular complexity index is 402. The van der Waals surface area contributed by atoms with E-state index >= 15 is 0 Å². The van der Waals surface area contributed by atoms with Crippen LogP contribution in [0.25, 0.3) is 0 Å². The maximum absolute atomic E-state index is 11.7. The molecule has 18 heavy (non-hydrogen) atoms. The summed E-state index contributed by atoms with van der Waals surface area (Å²) < 4.78 is 0. The highest BCUT2D eigenvalue weighted by atomic mass is 16.3. The lowest BCUT2D eigenvalue weighted by atomic mass is 9.71. The van der Waals surface area contributed by atoms with Gasteiger partial charge in [-0.25, -0.2) is 0 Å². The first kappa shape index (κ1) is 13.1. The van der Waals surface area contributed by atoms with Crippen LogP contribution in [0.1, 0.15) is 50.0 Å². The number of amides is 1. The molecule has 0 aromatic carbocycles. The molecule has 1 amide bonds. The zero-order valence-corrected chi connectivity index (χ0v) is 11.0. The van der Waals surface area contributed by atoms with Gasteiger partial charge in [0.1, 0.15) is 5.69 Å². The van der Waals surface area contributed by atoms with Crippen molar-refractivity contribution in [2.75, 3.05) is 6.54 Å². The summed E-state index contributed by atoms with van der Waals surface area (Å²) in [6.07, 6.45) is 4.99. The summed E-state index contributed by atoms with van der Waals surface area (Å²) in [5.41, 5.74) is -0.0279. The highest BCUT2D eigenvalue weighted by Crippen LogP contribution is 2.39. The van der Waals surface area contributed by atoms with E-state index < -0.39 is 5.60 Å². The fourth-order valence-electron chi connectivity index (χ4n) is 2.29. The van der Waals surface area contributed by atoms with Crippen molar-refractivity contribution in [2.24, 2.45) is 5.41 Å². The van der Waals surface area contributed by atoms with E-state index in [0.29, 0.717) is 17.7 Å². The molecule has 1 heterocycles. The minimum atomic E-state index is -0.759. The van der Waals surface area contributed by atoms with Crippen molar-refractivity contribution in [3.8, 4) is 0 Å². The molecule has 0 spiro atoms. The fourth-order valence-corrected chi connectivity index (χ4v) is 2.29. The molecule has 1 aliphatic rings. The van der Waals surface area contributed by atoms with Gasteiger partial charge < -0.3 is 10.4 Å². The number of hydrogen-bond donors (Lipinski definition) is 3. The summed E-state index contributed by atoms with van der Waals surface area (Å²) in [5.74, 6) is -0.217. The number of nitrogens with zero attached hydrogens (tertiary/aromatic N) is 1. The van der Waals surface area contributed by atoms with Gasteiger partial charge in [-0.2, -0.15) is 5.10 Å². The van der Waals surface area contributed by atoms with Crippen molar-refractivity contribution in [3.05, 3.63) is 18.0 Å². The first-order valence-corrected chi connectivity index (χ1v) is 6.40. The minimum absolute atomic E-state index is 0.217. The Balaban J connectivity index is 1.85. The van der Waals surface area contributed by atoms with Crippen molar-refractivity contribution in [3.63, 3.8) is 0 Å². The Morgan fingerprint density at radius 2 is 2.11 bits per heavy atom. The molecular weight excluding hydrogens is 230 g/mol. The lowest BCUT2D eigenvalue weighted by Gasteiger charge is -2.40. The Labute approximate surface area is 107 Å². The first-order chi connectivity index (χ1) is 8.40. The van der Waals surface area contributed by atoms with Crippen LogP contribution in [-0.2, 0) is 0 Å². The van der Waals surface area contributed by atoms with Gasteiger partial charge in [0.05, 0.1) is 5.60 Å². The maximum Gasteiger partial charge on any atom is 0.269 e. The molecule has 1 aliphatic carbocycles. The van der Waals surface area contributed by atoms with Crippen LogP contribution in [0.5, 0.6) is 0 Å². The largest absolute Gasteiger partial charge is 0.388 e. The number of hydrogen-bond acceptors (Lipinski definition) is 3. The molecule has 1 saturated carbocycles. The third-order valence-electron chi connectivity index (χ3n) is 3.86. The van der Waals surface area contributed by atoms with E-state index in [2.05, 4.69) is 29.4 Å². The van der Waals surface area contributed by atoms with Crippen LogP contribution in [0.3, 0.4) is 0 Å². The average Bonchev–Trinajstić information content (AvgIpc) is 2.85. The normalized spacial score (nSPS) is 21.5. The van der Waals surface area contributed by atoms with Crippen molar-refractivity contribution in [1.29, 1.82) is 0 Å². The number of aromatic nitrogens is 2. The summed E-state index contributed by atoms with van der Waals surface area (Å²) in [6, 6.07) is 1.61. The average molecular weight is 251 g/mol. The molecule has 0 bridgehead atoms. The van der Waals surface area contributed by atoms with Gasteiger partial charge in [0.2, 0.25) is 0 Å². The van der Waals surface area contributed by atoms with Gasteiger partial charge >= 0.3 is 0 Å². The van der Waals surface area contributed by atoms with Crippen LogP contribution in [0.15, 0.2) is 12.3 Å². The molecule has 0 aliphatic heterocycles. The van der Waals surface area contributed by atoms with E-state index in [4.69, 9.17) is 0 Å². The van der Waals surface area contributed by atoms with Crippen LogP contribution < -0.4 is 5.32 Å². The molecule has 0 atom stereocenters. The minimum Gasteiger partial charge on any atom is -0.388 e. The van der Waals surface area contributed by atoms with E-state index in [9.17, 15) is 9.90 Å². The van der Waals surface area contributed by atoms with Gasteiger partial charge in [-0.3, -0.25) is 9.89 Å². The SMILES string of the molecule is CC1(C)CCC(O)(CNC(=O)c2ccn[nH]2)CC1. The second kappa shape index (κ2) is 4.72. The summed E-state index contributed by atoms with van der Waals surface area (Å²) in [6.45, 7) is 4.74. The maximum atomic E-state index is 11.7. The molecule has 1 aromatic rings. The van der Waals surface area contributed by atoms with Crippen LogP contribution in [0.2, 0.25) is 0 Å². The number of aliphatic hydroxyl groups is 1. The molecule has 5 heteroatoms. The van der Waals surface area contributed by atoms with Gasteiger partial charge in [-0.15, -0.1) is 0 Å². The zero-order valence-electron chi connectivity index (χ0n) is 11.0. The Kier molecular flexibility index (Phi) is 3.43. The van der Waals surface area contributed by atoms with E-state index in [0.717, 1.165) is 25.7 Å². The van der Waals surface area contributed by atoms with Gasteiger partial charge in [-0.1, -0.05) is 13.8 Å². The van der Waals surface area contributed by atoms with E-state index in [1.54, 1.807) is 6.07 Å². The predicted octanol–water partition coefficient (Wildman–Crippen LogP) is 1.47. The van der Waals surface area contributed by atoms with Crippen molar-refractivity contribution in [2.45, 2.75) is 45.1 Å². The number of carbonyl (C=O) groups is 1. The topological polar surface area (TPSA) is 78.0 Å². The summed E-state index contributed by atoms with van der Waals surface area (Å²) >= 11 is 0. The molecule has 5 nitrogen and oxygen atoms in total. The van der Waals surface area contributed by atoms with Gasteiger partial charge in [0.25, 0.3) is 5.91 Å². The fraction of sp³-hybridized carbons (Fsp3) is 0.692. The number of H-pyrrole nitrogens is 1. The summed E-state index contributed by atoms with van der Waals surface area (Å²) in [5, 5.41) is 19.5. The quantitative estimate of drug-likeness (QED) is 0.761. The lowest BCUT2D eigenvalue weighted by Crippen LogP contribution is -2.46. The van der Waals surface area contributed by atoms with E-state index in [-0.39, 0.29) is 5.91 Å². The molecule has 1 fully saturated rings. The van der Waals surface area contributed by atoms with Crippen molar-refractivity contribution >= 4 is 5.91 Å². The Hall–Kier alpha value is -1.36. The highest BCUT2D eigenvalue weighted by Gasteiger charge is 2.36. The smallest absolute Gasteiger partial charge is 0.269 e. The number of rotatable bonds is 3. The number of carbonyl (C=O) groups excluding carboxylic acids is 1. The zero-order chi connectivity index (χ0) is 13.2. The van der Waals surface area contributed by atoms with Gasteiger partial charge in [0, 0.05) is 12.7 Å². The monoisotopic (exact) mass is 251 g/mol. The van der Waals surface area contributed by atoms with E-state index in [1.807, 2.05) is 0 Å². The molecule has 0 radical (unpaired) electrons. The van der Waals surface area contributed by atoms with Crippen molar-refractivity contribution in [1.82, 2.24) is 15.5 Å². The third kappa shape index (κ3) is 3.10. The van der Waals surface area contributed by atoms with Crippen LogP contribution >= 0.6 is 0 Å². The second-order valence-electron chi connectivity index (χ2n) is 6.04. The molecule has 1 aromatic heterocycles.